The number of hydrogen-bond donors (Lipinski definition) is 2. The summed E-state index contributed by atoms with van der Waals surface area (Å²) < 4.78 is 1.68. The first-order valence-electron chi connectivity index (χ1n) is 7.68. The van der Waals surface area contributed by atoms with Crippen molar-refractivity contribution in [1.82, 2.24) is 25.4 Å². The number of rotatable bonds is 4. The number of nitrogens with zero attached hydrogens (tertiary/aromatic N) is 3. The lowest BCUT2D eigenvalue weighted by Crippen LogP contribution is -2.38. The molecular formula is C16H22ClN5O. The SMILES string of the molecule is Cc1cc(-n2cncn2)ccc1C(=O)NCC1CCCNC1.Cl. The highest BCUT2D eigenvalue weighted by molar-refractivity contribution is 5.95. The van der Waals surface area contributed by atoms with E-state index in [0.29, 0.717) is 11.5 Å². The van der Waals surface area contributed by atoms with Gasteiger partial charge in [0.25, 0.3) is 5.91 Å². The second kappa shape index (κ2) is 8.08. The van der Waals surface area contributed by atoms with Crippen LogP contribution in [0.3, 0.4) is 0 Å². The molecule has 1 atom stereocenters. The summed E-state index contributed by atoms with van der Waals surface area (Å²) in [5.41, 5.74) is 2.56. The first kappa shape index (κ1) is 17.4. The number of aryl methyl sites for hydroxylation is 1. The Morgan fingerprint density at radius 1 is 1.48 bits per heavy atom. The summed E-state index contributed by atoms with van der Waals surface area (Å²) in [6, 6.07) is 5.69. The molecule has 1 aromatic carbocycles. The Bertz CT molecular complexity index is 638. The van der Waals surface area contributed by atoms with Crippen LogP contribution in [-0.2, 0) is 0 Å². The van der Waals surface area contributed by atoms with Gasteiger partial charge in [-0.1, -0.05) is 0 Å². The Morgan fingerprint density at radius 2 is 2.35 bits per heavy atom. The van der Waals surface area contributed by atoms with Gasteiger partial charge in [0.1, 0.15) is 12.7 Å². The maximum absolute atomic E-state index is 12.3. The predicted molar refractivity (Wildman–Crippen MR) is 91.3 cm³/mol. The Hall–Kier alpha value is -1.92. The molecule has 6 nitrogen and oxygen atoms in total. The van der Waals surface area contributed by atoms with Crippen molar-refractivity contribution in [3.63, 3.8) is 0 Å². The van der Waals surface area contributed by atoms with Crippen molar-refractivity contribution in [3.8, 4) is 5.69 Å². The molecule has 1 aliphatic rings. The highest BCUT2D eigenvalue weighted by Gasteiger charge is 2.15. The zero-order valence-corrected chi connectivity index (χ0v) is 14.0. The second-order valence-electron chi connectivity index (χ2n) is 5.76. The highest BCUT2D eigenvalue weighted by Crippen LogP contribution is 2.14. The molecule has 0 saturated carbocycles. The molecule has 0 aliphatic carbocycles. The van der Waals surface area contributed by atoms with Crippen LogP contribution >= 0.6 is 12.4 Å². The van der Waals surface area contributed by atoms with Crippen molar-refractivity contribution in [2.45, 2.75) is 19.8 Å². The van der Waals surface area contributed by atoms with Gasteiger partial charge in [-0.15, -0.1) is 12.4 Å². The van der Waals surface area contributed by atoms with Crippen LogP contribution in [0.25, 0.3) is 5.69 Å². The Kier molecular flexibility index (Phi) is 6.12. The van der Waals surface area contributed by atoms with Crippen LogP contribution in [0.2, 0.25) is 0 Å². The summed E-state index contributed by atoms with van der Waals surface area (Å²) in [6.45, 7) is 4.76. The number of hydrogen-bond acceptors (Lipinski definition) is 4. The smallest absolute Gasteiger partial charge is 0.251 e. The van der Waals surface area contributed by atoms with Crippen LogP contribution in [0.15, 0.2) is 30.9 Å². The van der Waals surface area contributed by atoms with E-state index in [-0.39, 0.29) is 18.3 Å². The van der Waals surface area contributed by atoms with Crippen molar-refractivity contribution in [2.24, 2.45) is 5.92 Å². The van der Waals surface area contributed by atoms with E-state index in [2.05, 4.69) is 20.7 Å². The molecule has 1 amide bonds. The fraction of sp³-hybridized carbons (Fsp3) is 0.438. The van der Waals surface area contributed by atoms with Gasteiger partial charge in [-0.05, 0) is 62.5 Å². The molecule has 1 aromatic heterocycles. The molecule has 1 saturated heterocycles. The average molecular weight is 336 g/mol. The molecule has 0 radical (unpaired) electrons. The second-order valence-corrected chi connectivity index (χ2v) is 5.76. The van der Waals surface area contributed by atoms with E-state index in [9.17, 15) is 4.79 Å². The largest absolute Gasteiger partial charge is 0.352 e. The third-order valence-corrected chi connectivity index (χ3v) is 4.09. The van der Waals surface area contributed by atoms with Crippen LogP contribution in [0, 0.1) is 12.8 Å². The minimum Gasteiger partial charge on any atom is -0.352 e. The molecule has 2 heterocycles. The van der Waals surface area contributed by atoms with E-state index in [1.54, 1.807) is 11.0 Å². The van der Waals surface area contributed by atoms with Gasteiger partial charge in [-0.2, -0.15) is 5.10 Å². The quantitative estimate of drug-likeness (QED) is 0.892. The maximum atomic E-state index is 12.3. The number of nitrogens with one attached hydrogen (secondary N) is 2. The molecule has 0 spiro atoms. The van der Waals surface area contributed by atoms with Gasteiger partial charge < -0.3 is 10.6 Å². The van der Waals surface area contributed by atoms with E-state index in [0.717, 1.165) is 30.9 Å². The van der Waals surface area contributed by atoms with Crippen LogP contribution < -0.4 is 10.6 Å². The molecule has 7 heteroatoms. The number of benzene rings is 1. The summed E-state index contributed by atoms with van der Waals surface area (Å²) in [6.07, 6.45) is 5.50. The lowest BCUT2D eigenvalue weighted by Gasteiger charge is -2.23. The van der Waals surface area contributed by atoms with Crippen molar-refractivity contribution in [3.05, 3.63) is 42.0 Å². The summed E-state index contributed by atoms with van der Waals surface area (Å²) in [4.78, 5) is 16.3. The minimum absolute atomic E-state index is 0. The highest BCUT2D eigenvalue weighted by atomic mass is 35.5. The number of halogens is 1. The first-order chi connectivity index (χ1) is 10.7. The molecular weight excluding hydrogens is 314 g/mol. The van der Waals surface area contributed by atoms with E-state index < -0.39 is 0 Å². The minimum atomic E-state index is -0.00628. The molecule has 3 rings (SSSR count). The normalized spacial score (nSPS) is 17.3. The van der Waals surface area contributed by atoms with Gasteiger partial charge in [-0.3, -0.25) is 4.79 Å². The third-order valence-electron chi connectivity index (χ3n) is 4.09. The van der Waals surface area contributed by atoms with Gasteiger partial charge in [0.2, 0.25) is 0 Å². The number of carbonyl (C=O) groups excluding carboxylic acids is 1. The molecule has 0 bridgehead atoms. The van der Waals surface area contributed by atoms with Gasteiger partial charge in [-0.25, -0.2) is 9.67 Å². The first-order valence-corrected chi connectivity index (χ1v) is 7.68. The van der Waals surface area contributed by atoms with Crippen molar-refractivity contribution in [2.75, 3.05) is 19.6 Å². The topological polar surface area (TPSA) is 71.8 Å². The lowest BCUT2D eigenvalue weighted by molar-refractivity contribution is 0.0944. The number of piperidine rings is 1. The summed E-state index contributed by atoms with van der Waals surface area (Å²) in [5.74, 6) is 0.528. The van der Waals surface area contributed by atoms with Crippen molar-refractivity contribution in [1.29, 1.82) is 0 Å². The standard InChI is InChI=1S/C16H21N5O.ClH/c1-12-7-14(21-11-18-10-20-21)4-5-15(12)16(22)19-9-13-3-2-6-17-8-13;/h4-5,7,10-11,13,17H,2-3,6,8-9H2,1H3,(H,19,22);1H. The zero-order valence-electron chi connectivity index (χ0n) is 13.2. The molecule has 1 fully saturated rings. The van der Waals surface area contributed by atoms with Crippen molar-refractivity contribution >= 4 is 18.3 Å². The maximum Gasteiger partial charge on any atom is 0.251 e. The molecule has 2 N–H and O–H groups in total. The molecule has 2 aromatic rings. The van der Waals surface area contributed by atoms with E-state index in [1.165, 1.54) is 19.2 Å². The van der Waals surface area contributed by atoms with E-state index in [1.807, 2.05) is 25.1 Å². The summed E-state index contributed by atoms with van der Waals surface area (Å²) in [5, 5.41) is 10.5. The van der Waals surface area contributed by atoms with E-state index >= 15 is 0 Å². The Labute approximate surface area is 142 Å². The van der Waals surface area contributed by atoms with Crippen LogP contribution in [0.1, 0.15) is 28.8 Å². The van der Waals surface area contributed by atoms with Gasteiger partial charge >= 0.3 is 0 Å². The summed E-state index contributed by atoms with van der Waals surface area (Å²) >= 11 is 0. The summed E-state index contributed by atoms with van der Waals surface area (Å²) in [7, 11) is 0. The molecule has 23 heavy (non-hydrogen) atoms. The predicted octanol–water partition coefficient (Wildman–Crippen LogP) is 1.73. The third kappa shape index (κ3) is 4.30. The Balaban J connectivity index is 0.00000192. The number of carbonyl (C=O) groups is 1. The van der Waals surface area contributed by atoms with E-state index in [4.69, 9.17) is 0 Å². The van der Waals surface area contributed by atoms with Crippen LogP contribution in [0.5, 0.6) is 0 Å². The average Bonchev–Trinajstić information content (AvgIpc) is 3.08. The van der Waals surface area contributed by atoms with Crippen LogP contribution in [0.4, 0.5) is 0 Å². The van der Waals surface area contributed by atoms with Crippen LogP contribution in [-0.4, -0.2) is 40.3 Å². The fourth-order valence-electron chi connectivity index (χ4n) is 2.82. The molecule has 124 valence electrons. The Morgan fingerprint density at radius 3 is 3.00 bits per heavy atom. The number of amides is 1. The fourth-order valence-corrected chi connectivity index (χ4v) is 2.82. The van der Waals surface area contributed by atoms with Gasteiger partial charge in [0.15, 0.2) is 0 Å². The van der Waals surface area contributed by atoms with Crippen molar-refractivity contribution < 1.29 is 4.79 Å². The number of aromatic nitrogens is 3. The molecule has 1 aliphatic heterocycles. The monoisotopic (exact) mass is 335 g/mol. The zero-order chi connectivity index (χ0) is 15.4. The van der Waals surface area contributed by atoms with Gasteiger partial charge in [0.05, 0.1) is 5.69 Å². The van der Waals surface area contributed by atoms with Gasteiger partial charge in [0, 0.05) is 12.1 Å². The molecule has 1 unspecified atom stereocenters. The lowest BCUT2D eigenvalue weighted by atomic mass is 9.99.